The average Bonchev–Trinajstić information content (AvgIpc) is 2.54. The van der Waals surface area contributed by atoms with Crippen LogP contribution in [-0.2, 0) is 12.8 Å². The van der Waals surface area contributed by atoms with E-state index >= 15 is 0 Å². The number of para-hydroxylation sites is 2. The van der Waals surface area contributed by atoms with E-state index in [0.29, 0.717) is 16.7 Å². The molecular weight excluding hydrogens is 300 g/mol. The standard InChI is InChI=1S/C17H13F2N3O/c18-11-6-7-12(19)10(9-11)5-8-15-16(17(20)23)22-14-4-2-1-3-13(14)21-15/h1-4,6-7,9H,5,8H2,(H2,20,23). The molecule has 0 atom stereocenters. The molecule has 0 radical (unpaired) electrons. The summed E-state index contributed by atoms with van der Waals surface area (Å²) < 4.78 is 26.9. The minimum atomic E-state index is -0.696. The molecule has 3 rings (SSSR count). The van der Waals surface area contributed by atoms with E-state index in [1.165, 1.54) is 0 Å². The third-order valence-corrected chi connectivity index (χ3v) is 3.52. The molecule has 2 N–H and O–H groups in total. The Hall–Kier alpha value is -2.89. The number of amides is 1. The fourth-order valence-corrected chi connectivity index (χ4v) is 2.40. The number of hydrogen-bond donors (Lipinski definition) is 1. The minimum absolute atomic E-state index is 0.0560. The Morgan fingerprint density at radius 3 is 2.39 bits per heavy atom. The average molecular weight is 313 g/mol. The highest BCUT2D eigenvalue weighted by Crippen LogP contribution is 2.17. The molecule has 0 bridgehead atoms. The Morgan fingerprint density at radius 1 is 1.00 bits per heavy atom. The fourth-order valence-electron chi connectivity index (χ4n) is 2.40. The van der Waals surface area contributed by atoms with Crippen molar-refractivity contribution in [2.45, 2.75) is 12.8 Å². The Bertz CT molecular complexity index is 896. The Balaban J connectivity index is 1.96. The van der Waals surface area contributed by atoms with Crippen LogP contribution in [0.1, 0.15) is 21.7 Å². The largest absolute Gasteiger partial charge is 0.364 e. The number of aryl methyl sites for hydroxylation is 2. The molecule has 6 heteroatoms. The zero-order valence-corrected chi connectivity index (χ0v) is 12.1. The predicted octanol–water partition coefficient (Wildman–Crippen LogP) is 2.79. The second-order valence-electron chi connectivity index (χ2n) is 5.11. The molecule has 0 saturated heterocycles. The van der Waals surface area contributed by atoms with E-state index in [2.05, 4.69) is 9.97 Å². The van der Waals surface area contributed by atoms with E-state index in [1.54, 1.807) is 24.3 Å². The lowest BCUT2D eigenvalue weighted by Crippen LogP contribution is -2.18. The number of carbonyl (C=O) groups excluding carboxylic acids is 1. The van der Waals surface area contributed by atoms with Gasteiger partial charge in [-0.25, -0.2) is 18.7 Å². The van der Waals surface area contributed by atoms with E-state index in [9.17, 15) is 13.6 Å². The molecular formula is C17H13F2N3O. The summed E-state index contributed by atoms with van der Waals surface area (Å²) in [7, 11) is 0. The molecule has 0 aliphatic carbocycles. The summed E-state index contributed by atoms with van der Waals surface area (Å²) in [6, 6.07) is 10.3. The van der Waals surface area contributed by atoms with Gasteiger partial charge in [-0.2, -0.15) is 0 Å². The van der Waals surface area contributed by atoms with E-state index in [1.807, 2.05) is 0 Å². The van der Waals surface area contributed by atoms with Crippen molar-refractivity contribution < 1.29 is 13.6 Å². The lowest BCUT2D eigenvalue weighted by atomic mass is 10.1. The molecule has 0 saturated carbocycles. The maximum absolute atomic E-state index is 13.7. The highest BCUT2D eigenvalue weighted by Gasteiger charge is 2.14. The molecule has 0 aliphatic rings. The van der Waals surface area contributed by atoms with E-state index in [-0.39, 0.29) is 24.1 Å². The first-order valence-corrected chi connectivity index (χ1v) is 7.04. The second-order valence-corrected chi connectivity index (χ2v) is 5.11. The van der Waals surface area contributed by atoms with Gasteiger partial charge in [-0.15, -0.1) is 0 Å². The van der Waals surface area contributed by atoms with Gasteiger partial charge in [-0.1, -0.05) is 12.1 Å². The second kappa shape index (κ2) is 6.08. The third kappa shape index (κ3) is 3.15. The molecule has 0 spiro atoms. The Morgan fingerprint density at radius 2 is 1.70 bits per heavy atom. The van der Waals surface area contributed by atoms with Crippen molar-refractivity contribution in [1.29, 1.82) is 0 Å². The topological polar surface area (TPSA) is 68.9 Å². The van der Waals surface area contributed by atoms with Crippen LogP contribution in [0.5, 0.6) is 0 Å². The van der Waals surface area contributed by atoms with Crippen LogP contribution >= 0.6 is 0 Å². The van der Waals surface area contributed by atoms with Crippen LogP contribution in [0.25, 0.3) is 11.0 Å². The predicted molar refractivity (Wildman–Crippen MR) is 81.8 cm³/mol. The molecule has 1 heterocycles. The number of nitrogens with two attached hydrogens (primary N) is 1. The summed E-state index contributed by atoms with van der Waals surface area (Å²) in [4.78, 5) is 20.2. The van der Waals surface area contributed by atoms with Gasteiger partial charge in [0.25, 0.3) is 5.91 Å². The number of rotatable bonds is 4. The molecule has 2 aromatic carbocycles. The van der Waals surface area contributed by atoms with Crippen molar-refractivity contribution in [2.24, 2.45) is 5.73 Å². The summed E-state index contributed by atoms with van der Waals surface area (Å²) in [5.41, 5.74) is 7.18. The van der Waals surface area contributed by atoms with Crippen LogP contribution in [0.15, 0.2) is 42.5 Å². The van der Waals surface area contributed by atoms with Gasteiger partial charge in [0.2, 0.25) is 0 Å². The monoisotopic (exact) mass is 313 g/mol. The molecule has 3 aromatic rings. The summed E-state index contributed by atoms with van der Waals surface area (Å²) in [5.74, 6) is -1.71. The van der Waals surface area contributed by atoms with E-state index in [0.717, 1.165) is 18.2 Å². The fraction of sp³-hybridized carbons (Fsp3) is 0.118. The first-order valence-electron chi connectivity index (χ1n) is 7.04. The van der Waals surface area contributed by atoms with Crippen molar-refractivity contribution in [1.82, 2.24) is 9.97 Å². The molecule has 0 unspecified atom stereocenters. The van der Waals surface area contributed by atoms with Crippen molar-refractivity contribution in [2.75, 3.05) is 0 Å². The van der Waals surface area contributed by atoms with Crippen LogP contribution in [0, 0.1) is 11.6 Å². The lowest BCUT2D eigenvalue weighted by molar-refractivity contribution is 0.0994. The number of fused-ring (bicyclic) bond motifs is 1. The van der Waals surface area contributed by atoms with E-state index in [4.69, 9.17) is 5.73 Å². The zero-order chi connectivity index (χ0) is 16.4. The quantitative estimate of drug-likeness (QED) is 0.805. The van der Waals surface area contributed by atoms with Gasteiger partial charge in [-0.05, 0) is 48.7 Å². The third-order valence-electron chi connectivity index (χ3n) is 3.52. The highest BCUT2D eigenvalue weighted by atomic mass is 19.1. The number of aromatic nitrogens is 2. The van der Waals surface area contributed by atoms with Crippen molar-refractivity contribution in [3.63, 3.8) is 0 Å². The molecule has 4 nitrogen and oxygen atoms in total. The maximum Gasteiger partial charge on any atom is 0.269 e. The SMILES string of the molecule is NC(=O)c1nc2ccccc2nc1CCc1cc(F)ccc1F. The number of nitrogens with zero attached hydrogens (tertiary/aromatic N) is 2. The smallest absolute Gasteiger partial charge is 0.269 e. The number of primary amides is 1. The van der Waals surface area contributed by atoms with E-state index < -0.39 is 17.5 Å². The first-order chi connectivity index (χ1) is 11.0. The van der Waals surface area contributed by atoms with Crippen LogP contribution < -0.4 is 5.73 Å². The summed E-state index contributed by atoms with van der Waals surface area (Å²) in [6.45, 7) is 0. The van der Waals surface area contributed by atoms with Crippen LogP contribution in [0.4, 0.5) is 8.78 Å². The van der Waals surface area contributed by atoms with Crippen molar-refractivity contribution in [3.8, 4) is 0 Å². The van der Waals surface area contributed by atoms with Crippen LogP contribution in [0.3, 0.4) is 0 Å². The van der Waals surface area contributed by atoms with Gasteiger partial charge in [-0.3, -0.25) is 4.79 Å². The maximum atomic E-state index is 13.7. The number of carbonyl (C=O) groups is 1. The number of benzene rings is 2. The van der Waals surface area contributed by atoms with Crippen molar-refractivity contribution >= 4 is 16.9 Å². The number of halogens is 2. The van der Waals surface area contributed by atoms with Crippen LogP contribution in [-0.4, -0.2) is 15.9 Å². The van der Waals surface area contributed by atoms with Gasteiger partial charge in [0.15, 0.2) is 0 Å². The minimum Gasteiger partial charge on any atom is -0.364 e. The van der Waals surface area contributed by atoms with Crippen LogP contribution in [0.2, 0.25) is 0 Å². The highest BCUT2D eigenvalue weighted by molar-refractivity contribution is 5.93. The van der Waals surface area contributed by atoms with Gasteiger partial charge < -0.3 is 5.73 Å². The normalized spacial score (nSPS) is 10.9. The van der Waals surface area contributed by atoms with Gasteiger partial charge in [0, 0.05) is 0 Å². The summed E-state index contributed by atoms with van der Waals surface area (Å²) in [5, 5.41) is 0. The molecule has 116 valence electrons. The van der Waals surface area contributed by atoms with Crippen molar-refractivity contribution in [3.05, 3.63) is 71.1 Å². The van der Waals surface area contributed by atoms with Gasteiger partial charge >= 0.3 is 0 Å². The number of hydrogen-bond acceptors (Lipinski definition) is 3. The summed E-state index contributed by atoms with van der Waals surface area (Å²) >= 11 is 0. The zero-order valence-electron chi connectivity index (χ0n) is 12.1. The first kappa shape index (κ1) is 15.0. The molecule has 1 aromatic heterocycles. The Labute approximate surface area is 131 Å². The molecule has 0 fully saturated rings. The lowest BCUT2D eigenvalue weighted by Gasteiger charge is -2.08. The molecule has 1 amide bonds. The molecule has 23 heavy (non-hydrogen) atoms. The molecule has 0 aliphatic heterocycles. The van der Waals surface area contributed by atoms with Gasteiger partial charge in [0.05, 0.1) is 16.7 Å². The van der Waals surface area contributed by atoms with Gasteiger partial charge in [0.1, 0.15) is 17.3 Å². The Kier molecular flexibility index (Phi) is 3.97. The summed E-state index contributed by atoms with van der Waals surface area (Å²) in [6.07, 6.45) is 0.424.